The van der Waals surface area contributed by atoms with Gasteiger partial charge in [-0.1, -0.05) is 18.2 Å². The first-order valence-corrected chi connectivity index (χ1v) is 6.10. The van der Waals surface area contributed by atoms with Crippen molar-refractivity contribution in [2.75, 3.05) is 6.61 Å². The second-order valence-corrected chi connectivity index (χ2v) is 4.25. The van der Waals surface area contributed by atoms with E-state index in [-0.39, 0.29) is 5.56 Å². The number of hydrogen-bond donors (Lipinski definition) is 0. The van der Waals surface area contributed by atoms with Gasteiger partial charge in [0.2, 0.25) is 0 Å². The van der Waals surface area contributed by atoms with Crippen molar-refractivity contribution in [3.05, 3.63) is 64.6 Å². The summed E-state index contributed by atoms with van der Waals surface area (Å²) >= 11 is 0. The summed E-state index contributed by atoms with van der Waals surface area (Å²) in [6.07, 6.45) is 2.65. The van der Waals surface area contributed by atoms with Gasteiger partial charge in [-0.15, -0.1) is 0 Å². The molecule has 1 aromatic heterocycles. The lowest BCUT2D eigenvalue weighted by atomic mass is 10.3. The van der Waals surface area contributed by atoms with Crippen LogP contribution in [0.2, 0.25) is 0 Å². The summed E-state index contributed by atoms with van der Waals surface area (Å²) in [6.45, 7) is 3.22. The molecule has 0 saturated carbocycles. The highest BCUT2D eigenvalue weighted by atomic mass is 16.5. The van der Waals surface area contributed by atoms with Crippen LogP contribution in [0.15, 0.2) is 53.5 Å². The fraction of sp³-hybridized carbons (Fsp3) is 0.267. The molecule has 0 saturated heterocycles. The molecule has 18 heavy (non-hydrogen) atoms. The average molecular weight is 243 g/mol. The van der Waals surface area contributed by atoms with Crippen LogP contribution in [0.5, 0.6) is 5.75 Å². The molecular weight excluding hydrogens is 226 g/mol. The minimum Gasteiger partial charge on any atom is -0.494 e. The number of hydrogen-bond acceptors (Lipinski definition) is 2. The maximum Gasteiger partial charge on any atom is 0.250 e. The van der Waals surface area contributed by atoms with Gasteiger partial charge in [-0.05, 0) is 37.1 Å². The smallest absolute Gasteiger partial charge is 0.250 e. The van der Waals surface area contributed by atoms with Crippen LogP contribution in [-0.4, -0.2) is 11.2 Å². The largest absolute Gasteiger partial charge is 0.494 e. The Balaban J connectivity index is 1.80. The quantitative estimate of drug-likeness (QED) is 0.756. The number of ether oxygens (including phenoxy) is 1. The topological polar surface area (TPSA) is 31.2 Å². The summed E-state index contributed by atoms with van der Waals surface area (Å²) in [5, 5.41) is 0. The van der Waals surface area contributed by atoms with E-state index in [1.807, 2.05) is 49.5 Å². The van der Waals surface area contributed by atoms with Crippen molar-refractivity contribution >= 4 is 0 Å². The first-order valence-electron chi connectivity index (χ1n) is 6.10. The zero-order valence-corrected chi connectivity index (χ0v) is 10.5. The van der Waals surface area contributed by atoms with E-state index in [0.717, 1.165) is 17.7 Å². The SMILES string of the molecule is Cc1ccn(CCCOc2ccccc2)c(=O)c1. The minimum atomic E-state index is 0.0507. The highest BCUT2D eigenvalue weighted by Gasteiger charge is 1.97. The predicted molar refractivity (Wildman–Crippen MR) is 72.0 cm³/mol. The van der Waals surface area contributed by atoms with Crippen molar-refractivity contribution < 1.29 is 4.74 Å². The molecule has 0 atom stereocenters. The third-order valence-electron chi connectivity index (χ3n) is 2.71. The lowest BCUT2D eigenvalue weighted by Crippen LogP contribution is -2.19. The molecule has 0 radical (unpaired) electrons. The van der Waals surface area contributed by atoms with Gasteiger partial charge in [-0.3, -0.25) is 4.79 Å². The van der Waals surface area contributed by atoms with Gasteiger partial charge in [0.1, 0.15) is 5.75 Å². The summed E-state index contributed by atoms with van der Waals surface area (Å²) in [7, 11) is 0. The summed E-state index contributed by atoms with van der Waals surface area (Å²) in [4.78, 5) is 11.6. The number of aryl methyl sites for hydroxylation is 2. The summed E-state index contributed by atoms with van der Waals surface area (Å²) in [5.41, 5.74) is 1.05. The highest BCUT2D eigenvalue weighted by molar-refractivity contribution is 5.20. The lowest BCUT2D eigenvalue weighted by Gasteiger charge is -2.07. The Kier molecular flexibility index (Phi) is 4.18. The molecule has 0 unspecified atom stereocenters. The third-order valence-corrected chi connectivity index (χ3v) is 2.71. The van der Waals surface area contributed by atoms with Crippen molar-refractivity contribution in [2.45, 2.75) is 19.9 Å². The van der Waals surface area contributed by atoms with Crippen molar-refractivity contribution in [1.29, 1.82) is 0 Å². The van der Waals surface area contributed by atoms with Gasteiger partial charge in [0.25, 0.3) is 5.56 Å². The second kappa shape index (κ2) is 6.05. The van der Waals surface area contributed by atoms with Crippen LogP contribution in [0.25, 0.3) is 0 Å². The molecule has 0 aliphatic carbocycles. The molecule has 94 valence electrons. The van der Waals surface area contributed by atoms with Gasteiger partial charge in [0, 0.05) is 18.8 Å². The Morgan fingerprint density at radius 1 is 1.17 bits per heavy atom. The molecule has 1 aromatic carbocycles. The maximum atomic E-state index is 11.6. The van der Waals surface area contributed by atoms with Crippen molar-refractivity contribution in [2.24, 2.45) is 0 Å². The first-order chi connectivity index (χ1) is 8.75. The monoisotopic (exact) mass is 243 g/mol. The van der Waals surface area contributed by atoms with Crippen LogP contribution in [0.4, 0.5) is 0 Å². The predicted octanol–water partition coefficient (Wildman–Crippen LogP) is 2.63. The molecule has 0 fully saturated rings. The molecule has 3 heteroatoms. The van der Waals surface area contributed by atoms with Crippen LogP contribution in [-0.2, 0) is 6.54 Å². The molecule has 0 N–H and O–H groups in total. The van der Waals surface area contributed by atoms with E-state index in [1.165, 1.54) is 0 Å². The van der Waals surface area contributed by atoms with Crippen LogP contribution >= 0.6 is 0 Å². The molecule has 2 rings (SSSR count). The van der Waals surface area contributed by atoms with Crippen LogP contribution < -0.4 is 10.3 Å². The number of benzene rings is 1. The van der Waals surface area contributed by atoms with E-state index in [0.29, 0.717) is 13.2 Å². The zero-order chi connectivity index (χ0) is 12.8. The van der Waals surface area contributed by atoms with Crippen LogP contribution in [0, 0.1) is 6.92 Å². The van der Waals surface area contributed by atoms with E-state index >= 15 is 0 Å². The Morgan fingerprint density at radius 3 is 2.67 bits per heavy atom. The Labute approximate surface area is 107 Å². The Hall–Kier alpha value is -2.03. The third kappa shape index (κ3) is 3.48. The molecule has 1 heterocycles. The van der Waals surface area contributed by atoms with Crippen molar-refractivity contribution in [3.8, 4) is 5.75 Å². The minimum absolute atomic E-state index is 0.0507. The average Bonchev–Trinajstić information content (AvgIpc) is 2.38. The molecule has 0 amide bonds. The summed E-state index contributed by atoms with van der Waals surface area (Å²) in [6, 6.07) is 13.3. The lowest BCUT2D eigenvalue weighted by molar-refractivity contribution is 0.301. The van der Waals surface area contributed by atoms with Crippen LogP contribution in [0.1, 0.15) is 12.0 Å². The number of pyridine rings is 1. The van der Waals surface area contributed by atoms with E-state index < -0.39 is 0 Å². The normalized spacial score (nSPS) is 10.3. The molecule has 2 aromatic rings. The molecule has 0 spiro atoms. The Morgan fingerprint density at radius 2 is 1.94 bits per heavy atom. The van der Waals surface area contributed by atoms with Crippen molar-refractivity contribution in [1.82, 2.24) is 4.57 Å². The van der Waals surface area contributed by atoms with Gasteiger partial charge in [-0.2, -0.15) is 0 Å². The van der Waals surface area contributed by atoms with Gasteiger partial charge < -0.3 is 9.30 Å². The van der Waals surface area contributed by atoms with E-state index in [2.05, 4.69) is 0 Å². The second-order valence-electron chi connectivity index (χ2n) is 4.25. The van der Waals surface area contributed by atoms with Gasteiger partial charge in [0.15, 0.2) is 0 Å². The van der Waals surface area contributed by atoms with Crippen LogP contribution in [0.3, 0.4) is 0 Å². The van der Waals surface area contributed by atoms with E-state index in [9.17, 15) is 4.79 Å². The number of aromatic nitrogens is 1. The summed E-state index contributed by atoms with van der Waals surface area (Å²) in [5.74, 6) is 0.869. The molecule has 0 bridgehead atoms. The summed E-state index contributed by atoms with van der Waals surface area (Å²) < 4.78 is 7.29. The van der Waals surface area contributed by atoms with E-state index in [4.69, 9.17) is 4.74 Å². The Bertz CT molecular complexity index is 546. The standard InChI is InChI=1S/C15H17NO2/c1-13-8-10-16(15(17)12-13)9-5-11-18-14-6-3-2-4-7-14/h2-4,6-8,10,12H,5,9,11H2,1H3. The number of nitrogens with zero attached hydrogens (tertiary/aromatic N) is 1. The highest BCUT2D eigenvalue weighted by Crippen LogP contribution is 2.08. The van der Waals surface area contributed by atoms with Gasteiger partial charge in [-0.25, -0.2) is 0 Å². The van der Waals surface area contributed by atoms with Gasteiger partial charge >= 0.3 is 0 Å². The fourth-order valence-electron chi connectivity index (χ4n) is 1.73. The van der Waals surface area contributed by atoms with Crippen molar-refractivity contribution in [3.63, 3.8) is 0 Å². The van der Waals surface area contributed by atoms with Gasteiger partial charge in [0.05, 0.1) is 6.61 Å². The molecule has 3 nitrogen and oxygen atoms in total. The zero-order valence-electron chi connectivity index (χ0n) is 10.5. The van der Waals surface area contributed by atoms with E-state index in [1.54, 1.807) is 10.6 Å². The first kappa shape index (κ1) is 12.4. The fourth-order valence-corrected chi connectivity index (χ4v) is 1.73. The number of rotatable bonds is 5. The number of para-hydroxylation sites is 1. The molecular formula is C15H17NO2. The maximum absolute atomic E-state index is 11.6. The molecule has 0 aliphatic rings. The molecule has 0 aliphatic heterocycles.